The van der Waals surface area contributed by atoms with Crippen molar-refractivity contribution in [3.8, 4) is 0 Å². The van der Waals surface area contributed by atoms with Crippen molar-refractivity contribution in [2.75, 3.05) is 38.0 Å². The average Bonchev–Trinajstić information content (AvgIpc) is 2.77. The fourth-order valence-electron chi connectivity index (χ4n) is 1.37. The minimum absolute atomic E-state index is 0.000503. The number of aryl methyl sites for hydroxylation is 1. The van der Waals surface area contributed by atoms with E-state index in [-0.39, 0.29) is 12.5 Å². The second kappa shape index (κ2) is 7.20. The van der Waals surface area contributed by atoms with Gasteiger partial charge in [0.1, 0.15) is 6.54 Å². The van der Waals surface area contributed by atoms with Crippen LogP contribution < -0.4 is 4.90 Å². The number of anilines is 1. The molecule has 102 valence electrons. The molecule has 0 aliphatic rings. The van der Waals surface area contributed by atoms with Crippen LogP contribution in [0.1, 0.15) is 19.2 Å². The minimum atomic E-state index is 0.000503. The van der Waals surface area contributed by atoms with Gasteiger partial charge in [0.25, 0.3) is 0 Å². The lowest BCUT2D eigenvalue weighted by Gasteiger charge is -2.20. The lowest BCUT2D eigenvalue weighted by Crippen LogP contribution is -2.37. The zero-order valence-electron chi connectivity index (χ0n) is 11.0. The fraction of sp³-hybridized carbons (Fsp3) is 0.727. The number of likely N-dealkylation sites (N-methyl/N-ethyl adjacent to an activating group) is 1. The summed E-state index contributed by atoms with van der Waals surface area (Å²) in [7, 11) is 3.44. The number of carbonyl (C=O) groups excluding carboxylic acids is 1. The third-order valence-corrected chi connectivity index (χ3v) is 2.54. The Morgan fingerprint density at radius 2 is 2.11 bits per heavy atom. The van der Waals surface area contributed by atoms with E-state index in [0.29, 0.717) is 30.8 Å². The van der Waals surface area contributed by atoms with E-state index in [1.165, 1.54) is 0 Å². The zero-order chi connectivity index (χ0) is 13.5. The molecule has 0 unspecified atom stereocenters. The van der Waals surface area contributed by atoms with E-state index >= 15 is 0 Å². The Balaban J connectivity index is 2.73. The largest absolute Gasteiger partial charge is 0.408 e. The fourth-order valence-corrected chi connectivity index (χ4v) is 1.53. The summed E-state index contributed by atoms with van der Waals surface area (Å²) < 4.78 is 5.47. The molecule has 0 spiro atoms. The van der Waals surface area contributed by atoms with E-state index in [9.17, 15) is 4.79 Å². The van der Waals surface area contributed by atoms with Crippen molar-refractivity contribution >= 4 is 23.5 Å². The van der Waals surface area contributed by atoms with Crippen molar-refractivity contribution in [3.05, 3.63) is 5.89 Å². The second-order valence-electron chi connectivity index (χ2n) is 4.13. The van der Waals surface area contributed by atoms with Crippen LogP contribution in [0.15, 0.2) is 4.42 Å². The highest BCUT2D eigenvalue weighted by Gasteiger charge is 2.17. The summed E-state index contributed by atoms with van der Waals surface area (Å²) in [4.78, 5) is 15.0. The maximum absolute atomic E-state index is 11.7. The van der Waals surface area contributed by atoms with E-state index < -0.39 is 0 Å². The molecule has 0 atom stereocenters. The van der Waals surface area contributed by atoms with Crippen LogP contribution in [-0.2, 0) is 11.2 Å². The molecule has 18 heavy (non-hydrogen) atoms. The molecule has 0 fully saturated rings. The summed E-state index contributed by atoms with van der Waals surface area (Å²) in [6.07, 6.45) is 1.43. The summed E-state index contributed by atoms with van der Waals surface area (Å²) in [5.74, 6) is 0.936. The first-order valence-corrected chi connectivity index (χ1v) is 6.45. The Morgan fingerprint density at radius 1 is 1.39 bits per heavy atom. The summed E-state index contributed by atoms with van der Waals surface area (Å²) >= 11 is 5.61. The van der Waals surface area contributed by atoms with E-state index in [1.807, 2.05) is 6.92 Å². The van der Waals surface area contributed by atoms with E-state index in [2.05, 4.69) is 10.2 Å². The first-order valence-electron chi connectivity index (χ1n) is 5.92. The van der Waals surface area contributed by atoms with Crippen LogP contribution in [0, 0.1) is 0 Å². The first-order chi connectivity index (χ1) is 8.58. The molecule has 1 amide bonds. The Kier molecular flexibility index (Phi) is 5.91. The van der Waals surface area contributed by atoms with Crippen LogP contribution in [-0.4, -0.2) is 54.1 Å². The van der Waals surface area contributed by atoms with Crippen LogP contribution >= 0.6 is 11.6 Å². The summed E-state index contributed by atoms with van der Waals surface area (Å²) in [5, 5.41) is 7.84. The van der Waals surface area contributed by atoms with Gasteiger partial charge in [-0.3, -0.25) is 4.79 Å². The molecule has 7 heteroatoms. The summed E-state index contributed by atoms with van der Waals surface area (Å²) in [5.41, 5.74) is 0. The maximum atomic E-state index is 11.7. The highest BCUT2D eigenvalue weighted by molar-refractivity contribution is 6.17. The molecule has 1 aromatic rings. The van der Waals surface area contributed by atoms with Gasteiger partial charge in [-0.1, -0.05) is 12.0 Å². The van der Waals surface area contributed by atoms with Crippen molar-refractivity contribution in [1.29, 1.82) is 0 Å². The first kappa shape index (κ1) is 14.8. The number of rotatable bonds is 7. The average molecular weight is 275 g/mol. The molecular weight excluding hydrogens is 256 g/mol. The number of halogens is 1. The highest BCUT2D eigenvalue weighted by Crippen LogP contribution is 2.13. The number of aromatic nitrogens is 2. The normalized spacial score (nSPS) is 10.4. The third kappa shape index (κ3) is 4.18. The predicted octanol–water partition coefficient (Wildman–Crippen LogP) is 1.16. The third-order valence-electron chi connectivity index (χ3n) is 2.35. The second-order valence-corrected chi connectivity index (χ2v) is 4.51. The SMILES string of the molecule is CCCN(CC(=O)N(C)C)c1nnc(CCCl)o1. The van der Waals surface area contributed by atoms with Crippen LogP contribution in [0.3, 0.4) is 0 Å². The molecule has 0 aliphatic carbocycles. The zero-order valence-corrected chi connectivity index (χ0v) is 11.8. The molecule has 1 heterocycles. The van der Waals surface area contributed by atoms with Gasteiger partial charge in [0, 0.05) is 32.9 Å². The van der Waals surface area contributed by atoms with Crippen molar-refractivity contribution in [3.63, 3.8) is 0 Å². The van der Waals surface area contributed by atoms with Gasteiger partial charge in [0.2, 0.25) is 11.8 Å². The van der Waals surface area contributed by atoms with Crippen molar-refractivity contribution in [1.82, 2.24) is 15.1 Å². The Hall–Kier alpha value is -1.30. The number of nitrogens with zero attached hydrogens (tertiary/aromatic N) is 4. The number of hydrogen-bond donors (Lipinski definition) is 0. The van der Waals surface area contributed by atoms with Gasteiger partial charge in [0.15, 0.2) is 0 Å². The molecule has 0 saturated heterocycles. The molecule has 1 aromatic heterocycles. The van der Waals surface area contributed by atoms with E-state index in [4.69, 9.17) is 16.0 Å². The van der Waals surface area contributed by atoms with Gasteiger partial charge >= 0.3 is 6.01 Å². The minimum Gasteiger partial charge on any atom is -0.408 e. The lowest BCUT2D eigenvalue weighted by atomic mass is 10.4. The van der Waals surface area contributed by atoms with E-state index in [1.54, 1.807) is 23.9 Å². The van der Waals surface area contributed by atoms with Gasteiger partial charge in [-0.2, -0.15) is 0 Å². The van der Waals surface area contributed by atoms with Crippen LogP contribution in [0.25, 0.3) is 0 Å². The lowest BCUT2D eigenvalue weighted by molar-refractivity contribution is -0.127. The van der Waals surface area contributed by atoms with Gasteiger partial charge in [0.05, 0.1) is 0 Å². The molecule has 0 bridgehead atoms. The standard InChI is InChI=1S/C11H19ClN4O2/c1-4-7-16(8-10(17)15(2)3)11-14-13-9(18-11)5-6-12/h4-8H2,1-3H3. The van der Waals surface area contributed by atoms with Crippen molar-refractivity contribution < 1.29 is 9.21 Å². The van der Waals surface area contributed by atoms with E-state index in [0.717, 1.165) is 6.42 Å². The molecule has 0 radical (unpaired) electrons. The number of alkyl halides is 1. The maximum Gasteiger partial charge on any atom is 0.318 e. The van der Waals surface area contributed by atoms with Gasteiger partial charge in [-0.15, -0.1) is 16.7 Å². The Morgan fingerprint density at radius 3 is 2.67 bits per heavy atom. The number of carbonyl (C=O) groups is 1. The predicted molar refractivity (Wildman–Crippen MR) is 69.9 cm³/mol. The van der Waals surface area contributed by atoms with Crippen LogP contribution in [0.4, 0.5) is 6.01 Å². The molecule has 0 saturated carbocycles. The van der Waals surface area contributed by atoms with Gasteiger partial charge in [-0.25, -0.2) is 0 Å². The summed E-state index contributed by atoms with van der Waals surface area (Å²) in [6, 6.07) is 0.382. The van der Waals surface area contributed by atoms with Crippen molar-refractivity contribution in [2.24, 2.45) is 0 Å². The Bertz CT molecular complexity index is 381. The van der Waals surface area contributed by atoms with Gasteiger partial charge < -0.3 is 14.2 Å². The monoisotopic (exact) mass is 274 g/mol. The van der Waals surface area contributed by atoms with Crippen LogP contribution in [0.5, 0.6) is 0 Å². The van der Waals surface area contributed by atoms with Crippen LogP contribution in [0.2, 0.25) is 0 Å². The van der Waals surface area contributed by atoms with Crippen molar-refractivity contribution in [2.45, 2.75) is 19.8 Å². The van der Waals surface area contributed by atoms with Gasteiger partial charge in [-0.05, 0) is 6.42 Å². The molecule has 1 rings (SSSR count). The number of amides is 1. The quantitative estimate of drug-likeness (QED) is 0.698. The Labute approximate surface area is 112 Å². The molecule has 0 N–H and O–H groups in total. The highest BCUT2D eigenvalue weighted by atomic mass is 35.5. The summed E-state index contributed by atoms with van der Waals surface area (Å²) in [6.45, 7) is 2.97. The smallest absolute Gasteiger partial charge is 0.318 e. The number of hydrogen-bond acceptors (Lipinski definition) is 5. The molecular formula is C11H19ClN4O2. The molecule has 0 aromatic carbocycles. The molecule has 6 nitrogen and oxygen atoms in total. The topological polar surface area (TPSA) is 62.5 Å². The molecule has 0 aliphatic heterocycles.